The third-order valence-electron chi connectivity index (χ3n) is 6.14. The van der Waals surface area contributed by atoms with Crippen LogP contribution in [0.4, 0.5) is 9.59 Å². The van der Waals surface area contributed by atoms with Crippen LogP contribution in [0.5, 0.6) is 5.75 Å². The van der Waals surface area contributed by atoms with Gasteiger partial charge in [0.1, 0.15) is 17.4 Å². The summed E-state index contributed by atoms with van der Waals surface area (Å²) >= 11 is 1.56. The lowest BCUT2D eigenvalue weighted by molar-refractivity contribution is -0.135. The number of nitrogens with zero attached hydrogens (tertiary/aromatic N) is 1. The van der Waals surface area contributed by atoms with E-state index in [4.69, 9.17) is 14.2 Å². The molecule has 0 saturated carbocycles. The first-order valence-electron chi connectivity index (χ1n) is 14.0. The van der Waals surface area contributed by atoms with Crippen LogP contribution in [0.3, 0.4) is 0 Å². The van der Waals surface area contributed by atoms with Gasteiger partial charge in [0.15, 0.2) is 0 Å². The summed E-state index contributed by atoms with van der Waals surface area (Å²) in [6, 6.07) is 20.2. The summed E-state index contributed by atoms with van der Waals surface area (Å²) in [5.41, 5.74) is 1.17. The van der Waals surface area contributed by atoms with Gasteiger partial charge in [-0.3, -0.25) is 4.79 Å². The van der Waals surface area contributed by atoms with Crippen molar-refractivity contribution in [1.29, 1.82) is 0 Å². The van der Waals surface area contributed by atoms with Crippen molar-refractivity contribution in [3.63, 3.8) is 0 Å². The normalized spacial score (nSPS) is 11.7. The molecule has 0 fully saturated rings. The smallest absolute Gasteiger partial charge is 0.408 e. The molecule has 1 atom stereocenters. The number of unbranched alkanes of at least 4 members (excludes halogenated alkanes) is 1. The Kier molecular flexibility index (Phi) is 12.7. The van der Waals surface area contributed by atoms with Crippen molar-refractivity contribution in [2.24, 2.45) is 0 Å². The van der Waals surface area contributed by atoms with Gasteiger partial charge in [0.2, 0.25) is 5.91 Å². The summed E-state index contributed by atoms with van der Waals surface area (Å²) in [6.07, 6.45) is 0.268. The number of thiophene rings is 1. The van der Waals surface area contributed by atoms with Gasteiger partial charge >= 0.3 is 12.2 Å². The number of benzene rings is 2. The summed E-state index contributed by atoms with van der Waals surface area (Å²) in [7, 11) is 1.60. The van der Waals surface area contributed by atoms with Crippen molar-refractivity contribution in [3.05, 3.63) is 88.1 Å². The lowest BCUT2D eigenvalue weighted by Crippen LogP contribution is -2.49. The van der Waals surface area contributed by atoms with E-state index in [0.29, 0.717) is 44.6 Å². The topological polar surface area (TPSA) is 106 Å². The SMILES string of the molecule is COc1cccc(CN(Cc2cccs2)C(=O)[C@H](CCCCOC(=O)NCc2ccccc2)NC(=O)OC(C)(C)C)c1. The lowest BCUT2D eigenvalue weighted by Gasteiger charge is -2.29. The van der Waals surface area contributed by atoms with Crippen molar-refractivity contribution in [2.75, 3.05) is 13.7 Å². The average molecular weight is 596 g/mol. The maximum Gasteiger partial charge on any atom is 0.408 e. The van der Waals surface area contributed by atoms with Crippen molar-refractivity contribution in [3.8, 4) is 5.75 Å². The summed E-state index contributed by atoms with van der Waals surface area (Å²) in [4.78, 5) is 41.5. The monoisotopic (exact) mass is 595 g/mol. The highest BCUT2D eigenvalue weighted by Crippen LogP contribution is 2.20. The minimum atomic E-state index is -0.822. The van der Waals surface area contributed by atoms with Crippen molar-refractivity contribution < 1.29 is 28.6 Å². The highest BCUT2D eigenvalue weighted by molar-refractivity contribution is 7.09. The van der Waals surface area contributed by atoms with Crippen LogP contribution in [0.2, 0.25) is 0 Å². The van der Waals surface area contributed by atoms with Crippen LogP contribution < -0.4 is 15.4 Å². The van der Waals surface area contributed by atoms with E-state index >= 15 is 0 Å². The fourth-order valence-electron chi connectivity index (χ4n) is 4.16. The van der Waals surface area contributed by atoms with E-state index in [9.17, 15) is 14.4 Å². The Morgan fingerprint density at radius 2 is 1.67 bits per heavy atom. The Morgan fingerprint density at radius 3 is 2.36 bits per heavy atom. The van der Waals surface area contributed by atoms with E-state index < -0.39 is 23.8 Å². The highest BCUT2D eigenvalue weighted by Gasteiger charge is 2.28. The third-order valence-corrected chi connectivity index (χ3v) is 7.00. The van der Waals surface area contributed by atoms with Crippen molar-refractivity contribution >= 4 is 29.4 Å². The number of carbonyl (C=O) groups is 3. The van der Waals surface area contributed by atoms with E-state index in [-0.39, 0.29) is 12.5 Å². The zero-order valence-corrected chi connectivity index (χ0v) is 25.6. The van der Waals surface area contributed by atoms with E-state index in [0.717, 1.165) is 16.0 Å². The van der Waals surface area contributed by atoms with E-state index in [1.54, 1.807) is 44.1 Å². The van der Waals surface area contributed by atoms with Crippen LogP contribution >= 0.6 is 11.3 Å². The Morgan fingerprint density at radius 1 is 0.905 bits per heavy atom. The lowest BCUT2D eigenvalue weighted by atomic mass is 10.1. The van der Waals surface area contributed by atoms with Crippen LogP contribution in [-0.4, -0.2) is 48.4 Å². The number of nitrogens with one attached hydrogen (secondary N) is 2. The van der Waals surface area contributed by atoms with Gasteiger partial charge < -0.3 is 29.7 Å². The number of ether oxygens (including phenoxy) is 3. The molecule has 0 aliphatic rings. The molecule has 2 N–H and O–H groups in total. The first kappa shape index (κ1) is 32.5. The minimum absolute atomic E-state index is 0.191. The molecule has 0 bridgehead atoms. The number of carbonyl (C=O) groups excluding carboxylic acids is 3. The zero-order valence-electron chi connectivity index (χ0n) is 24.8. The number of methoxy groups -OCH3 is 1. The van der Waals surface area contributed by atoms with Gasteiger partial charge in [-0.25, -0.2) is 9.59 Å². The quantitative estimate of drug-likeness (QED) is 0.213. The molecule has 0 aliphatic heterocycles. The van der Waals surface area contributed by atoms with Crippen LogP contribution in [-0.2, 0) is 33.9 Å². The fourth-order valence-corrected chi connectivity index (χ4v) is 4.88. The molecule has 1 heterocycles. The molecule has 0 saturated heterocycles. The molecule has 1 aromatic heterocycles. The van der Waals surface area contributed by atoms with Gasteiger partial charge in [-0.15, -0.1) is 11.3 Å². The zero-order chi connectivity index (χ0) is 30.4. The first-order chi connectivity index (χ1) is 20.1. The standard InChI is InChI=1S/C32H41N3O6S/c1-32(2,3)41-31(38)34-28(17-8-9-18-40-30(37)33-21-24-12-6-5-7-13-24)29(36)35(23-27-16-11-19-42-27)22-25-14-10-15-26(20-25)39-4/h5-7,10-16,19-20,28H,8-9,17-18,21-23H2,1-4H3,(H,33,37)(H,34,38)/t28-/m0/s1. The van der Waals surface area contributed by atoms with Gasteiger partial charge in [-0.05, 0) is 74.7 Å². The molecular weight excluding hydrogens is 554 g/mol. The number of hydrogen-bond acceptors (Lipinski definition) is 7. The Hall–Kier alpha value is -4.05. The Balaban J connectivity index is 1.63. The minimum Gasteiger partial charge on any atom is -0.497 e. The van der Waals surface area contributed by atoms with E-state index in [2.05, 4.69) is 10.6 Å². The van der Waals surface area contributed by atoms with Crippen molar-refractivity contribution in [2.45, 2.75) is 71.3 Å². The maximum atomic E-state index is 14.0. The van der Waals surface area contributed by atoms with Crippen LogP contribution in [0, 0.1) is 0 Å². The Bertz CT molecular complexity index is 1260. The van der Waals surface area contributed by atoms with Gasteiger partial charge in [-0.1, -0.05) is 48.5 Å². The first-order valence-corrected chi connectivity index (χ1v) is 14.9. The van der Waals surface area contributed by atoms with Crippen LogP contribution in [0.15, 0.2) is 72.1 Å². The van der Waals surface area contributed by atoms with Gasteiger partial charge in [0, 0.05) is 18.0 Å². The van der Waals surface area contributed by atoms with Gasteiger partial charge in [0.25, 0.3) is 0 Å². The summed E-state index contributed by atoms with van der Waals surface area (Å²) in [5.74, 6) is 0.478. The molecule has 0 radical (unpaired) electrons. The van der Waals surface area contributed by atoms with E-state index in [1.807, 2.05) is 72.1 Å². The molecule has 0 aliphatic carbocycles. The maximum absolute atomic E-state index is 14.0. The summed E-state index contributed by atoms with van der Waals surface area (Å²) < 4.78 is 16.1. The summed E-state index contributed by atoms with van der Waals surface area (Å²) in [5, 5.41) is 7.48. The molecule has 0 spiro atoms. The predicted molar refractivity (Wildman–Crippen MR) is 163 cm³/mol. The second kappa shape index (κ2) is 16.4. The van der Waals surface area contributed by atoms with Crippen LogP contribution in [0.1, 0.15) is 56.0 Å². The largest absolute Gasteiger partial charge is 0.497 e. The molecule has 3 aromatic rings. The summed E-state index contributed by atoms with van der Waals surface area (Å²) in [6.45, 7) is 6.62. The van der Waals surface area contributed by atoms with Gasteiger partial charge in [0.05, 0.1) is 20.3 Å². The number of amides is 3. The molecular formula is C32H41N3O6S. The molecule has 10 heteroatoms. The molecule has 226 valence electrons. The fraction of sp³-hybridized carbons (Fsp3) is 0.406. The second-order valence-electron chi connectivity index (χ2n) is 10.8. The molecule has 3 rings (SSSR count). The van der Waals surface area contributed by atoms with Crippen molar-refractivity contribution in [1.82, 2.24) is 15.5 Å². The van der Waals surface area contributed by atoms with E-state index in [1.165, 1.54) is 0 Å². The number of rotatable bonds is 14. The molecule has 2 aromatic carbocycles. The predicted octanol–water partition coefficient (Wildman–Crippen LogP) is 6.28. The molecule has 9 nitrogen and oxygen atoms in total. The highest BCUT2D eigenvalue weighted by atomic mass is 32.1. The third kappa shape index (κ3) is 11.8. The number of alkyl carbamates (subject to hydrolysis) is 2. The second-order valence-corrected chi connectivity index (χ2v) is 11.8. The Labute approximate surface area is 252 Å². The molecule has 0 unspecified atom stereocenters. The molecule has 3 amide bonds. The van der Waals surface area contributed by atoms with Gasteiger partial charge in [-0.2, -0.15) is 0 Å². The average Bonchev–Trinajstić information content (AvgIpc) is 3.47. The van der Waals surface area contributed by atoms with Crippen LogP contribution in [0.25, 0.3) is 0 Å². The molecule has 42 heavy (non-hydrogen) atoms. The number of hydrogen-bond donors (Lipinski definition) is 2.